The lowest BCUT2D eigenvalue weighted by Crippen LogP contribution is -2.46. The van der Waals surface area contributed by atoms with Crippen LogP contribution in [-0.2, 0) is 16.0 Å². The Labute approximate surface area is 194 Å². The minimum atomic E-state index is -1.39. The summed E-state index contributed by atoms with van der Waals surface area (Å²) in [5.41, 5.74) is 0.170. The van der Waals surface area contributed by atoms with E-state index in [0.717, 1.165) is 18.2 Å². The lowest BCUT2D eigenvalue weighted by atomic mass is 9.87. The molecule has 4 nitrogen and oxygen atoms in total. The van der Waals surface area contributed by atoms with Crippen molar-refractivity contribution in [3.05, 3.63) is 76.2 Å². The largest absolute Gasteiger partial charge is 0.466 e. The molecule has 0 bridgehead atoms. The lowest BCUT2D eigenvalue weighted by Gasteiger charge is -2.41. The van der Waals surface area contributed by atoms with Crippen molar-refractivity contribution in [2.45, 2.75) is 43.9 Å². The second-order valence-corrected chi connectivity index (χ2v) is 9.21. The van der Waals surface area contributed by atoms with E-state index >= 15 is 8.78 Å². The molecule has 34 heavy (non-hydrogen) atoms. The van der Waals surface area contributed by atoms with E-state index in [4.69, 9.17) is 0 Å². The number of rotatable bonds is 5. The zero-order valence-corrected chi connectivity index (χ0v) is 18.8. The number of alkyl halides is 1. The minimum absolute atomic E-state index is 0.0268. The molecule has 2 heterocycles. The van der Waals surface area contributed by atoms with Crippen LogP contribution in [0.1, 0.15) is 48.2 Å². The van der Waals surface area contributed by atoms with E-state index in [9.17, 15) is 13.6 Å². The first-order valence-electron chi connectivity index (χ1n) is 11.2. The first-order valence-corrected chi connectivity index (χ1v) is 11.2. The van der Waals surface area contributed by atoms with Crippen LogP contribution < -0.4 is 0 Å². The van der Waals surface area contributed by atoms with Crippen LogP contribution in [0.5, 0.6) is 0 Å². The summed E-state index contributed by atoms with van der Waals surface area (Å²) in [6.45, 7) is 1.89. The highest BCUT2D eigenvalue weighted by atomic mass is 19.1. The van der Waals surface area contributed by atoms with Gasteiger partial charge in [0.2, 0.25) is 0 Å². The smallest absolute Gasteiger partial charge is 0.330 e. The summed E-state index contributed by atoms with van der Waals surface area (Å²) in [7, 11) is 1.20. The van der Waals surface area contributed by atoms with Gasteiger partial charge in [0, 0.05) is 40.8 Å². The van der Waals surface area contributed by atoms with Crippen LogP contribution >= 0.6 is 0 Å². The Hall–Kier alpha value is -3.13. The summed E-state index contributed by atoms with van der Waals surface area (Å²) in [4.78, 5) is 16.3. The molecular formula is C26H24F4N2O2. The van der Waals surface area contributed by atoms with Gasteiger partial charge in [0.25, 0.3) is 0 Å². The Morgan fingerprint density at radius 1 is 1.21 bits per heavy atom. The van der Waals surface area contributed by atoms with Gasteiger partial charge in [0.15, 0.2) is 0 Å². The molecule has 1 fully saturated rings. The SMILES string of the molecule is COC(=O)/C=C/c1cc(F)c([C@@H]2c3[nH]c4cccc(F)c4c3C[C@@H](C)N2CC2(F)CC2)c(F)c1. The average molecular weight is 472 g/mol. The average Bonchev–Trinajstić information content (AvgIpc) is 3.40. The number of halogens is 4. The molecule has 2 aromatic carbocycles. The Kier molecular flexibility index (Phi) is 5.51. The van der Waals surface area contributed by atoms with Crippen molar-refractivity contribution in [3.8, 4) is 0 Å². The number of hydrogen-bond acceptors (Lipinski definition) is 3. The van der Waals surface area contributed by atoms with Gasteiger partial charge >= 0.3 is 5.97 Å². The quantitative estimate of drug-likeness (QED) is 0.298. The van der Waals surface area contributed by atoms with E-state index in [-0.39, 0.29) is 23.7 Å². The summed E-state index contributed by atoms with van der Waals surface area (Å²) in [6.07, 6.45) is 3.56. The van der Waals surface area contributed by atoms with Crippen LogP contribution in [0.25, 0.3) is 17.0 Å². The summed E-state index contributed by atoms with van der Waals surface area (Å²) in [5, 5.41) is 0.397. The Morgan fingerprint density at radius 2 is 1.91 bits per heavy atom. The molecule has 1 aromatic heterocycles. The van der Waals surface area contributed by atoms with E-state index in [1.807, 2.05) is 6.92 Å². The van der Waals surface area contributed by atoms with Gasteiger partial charge in [-0.05, 0) is 67.7 Å². The van der Waals surface area contributed by atoms with Crippen molar-refractivity contribution in [1.82, 2.24) is 9.88 Å². The van der Waals surface area contributed by atoms with Crippen LogP contribution in [0.2, 0.25) is 0 Å². The molecular weight excluding hydrogens is 448 g/mol. The number of carbonyl (C=O) groups excluding carboxylic acids is 1. The van der Waals surface area contributed by atoms with Crippen LogP contribution in [0.4, 0.5) is 17.6 Å². The number of aromatic nitrogens is 1. The van der Waals surface area contributed by atoms with E-state index in [0.29, 0.717) is 41.4 Å². The van der Waals surface area contributed by atoms with Gasteiger partial charge in [-0.1, -0.05) is 6.07 Å². The van der Waals surface area contributed by atoms with Crippen molar-refractivity contribution in [3.63, 3.8) is 0 Å². The molecule has 1 aliphatic carbocycles. The molecule has 0 spiro atoms. The molecule has 0 amide bonds. The third-order valence-corrected chi connectivity index (χ3v) is 6.83. The van der Waals surface area contributed by atoms with Crippen LogP contribution in [0, 0.1) is 17.5 Å². The van der Waals surface area contributed by atoms with Gasteiger partial charge in [-0.3, -0.25) is 4.90 Å². The second-order valence-electron chi connectivity index (χ2n) is 9.21. The number of nitrogens with zero attached hydrogens (tertiary/aromatic N) is 1. The Bertz CT molecular complexity index is 1290. The van der Waals surface area contributed by atoms with Gasteiger partial charge in [-0.25, -0.2) is 22.4 Å². The van der Waals surface area contributed by atoms with E-state index < -0.39 is 35.1 Å². The first-order chi connectivity index (χ1) is 16.2. The van der Waals surface area contributed by atoms with Gasteiger partial charge in [0.05, 0.1) is 13.2 Å². The number of esters is 1. The number of ether oxygens (including phenoxy) is 1. The van der Waals surface area contributed by atoms with Gasteiger partial charge in [0.1, 0.15) is 23.1 Å². The van der Waals surface area contributed by atoms with Crippen LogP contribution in [-0.4, -0.2) is 41.2 Å². The fourth-order valence-corrected chi connectivity index (χ4v) is 4.94. The normalized spacial score (nSPS) is 21.7. The Balaban J connectivity index is 1.67. The highest BCUT2D eigenvalue weighted by molar-refractivity contribution is 5.87. The van der Waals surface area contributed by atoms with E-state index in [1.165, 1.54) is 19.3 Å². The number of carbonyl (C=O) groups is 1. The van der Waals surface area contributed by atoms with Crippen LogP contribution in [0.15, 0.2) is 36.4 Å². The monoisotopic (exact) mass is 472 g/mol. The summed E-state index contributed by atoms with van der Waals surface area (Å²) >= 11 is 0. The summed E-state index contributed by atoms with van der Waals surface area (Å²) in [6, 6.07) is 5.65. The molecule has 2 aliphatic rings. The molecule has 8 heteroatoms. The highest BCUT2D eigenvalue weighted by Crippen LogP contribution is 2.47. The first kappa shape index (κ1) is 22.7. The number of methoxy groups -OCH3 is 1. The Morgan fingerprint density at radius 3 is 2.56 bits per heavy atom. The number of nitrogens with one attached hydrogen (secondary N) is 1. The summed E-state index contributed by atoms with van der Waals surface area (Å²) < 4.78 is 65.1. The zero-order chi connectivity index (χ0) is 24.2. The van der Waals surface area contributed by atoms with E-state index in [1.54, 1.807) is 17.0 Å². The number of fused-ring (bicyclic) bond motifs is 3. The predicted octanol–water partition coefficient (Wildman–Crippen LogP) is 5.61. The molecule has 1 saturated carbocycles. The van der Waals surface area contributed by atoms with Crippen LogP contribution in [0.3, 0.4) is 0 Å². The zero-order valence-electron chi connectivity index (χ0n) is 18.8. The molecule has 0 saturated heterocycles. The predicted molar refractivity (Wildman–Crippen MR) is 120 cm³/mol. The third-order valence-electron chi connectivity index (χ3n) is 6.83. The van der Waals surface area contributed by atoms with E-state index in [2.05, 4.69) is 9.72 Å². The summed E-state index contributed by atoms with van der Waals surface area (Å²) in [5.74, 6) is -2.73. The van der Waals surface area contributed by atoms with Gasteiger partial charge in [-0.15, -0.1) is 0 Å². The lowest BCUT2D eigenvalue weighted by molar-refractivity contribution is -0.134. The number of aromatic amines is 1. The molecule has 0 radical (unpaired) electrons. The maximum atomic E-state index is 15.5. The number of hydrogen-bond donors (Lipinski definition) is 1. The maximum absolute atomic E-state index is 15.5. The number of benzene rings is 2. The fraction of sp³-hybridized carbons (Fsp3) is 0.346. The maximum Gasteiger partial charge on any atom is 0.330 e. The highest BCUT2D eigenvalue weighted by Gasteiger charge is 2.49. The van der Waals surface area contributed by atoms with Crippen molar-refractivity contribution in [2.75, 3.05) is 13.7 Å². The molecule has 178 valence electrons. The van der Waals surface area contributed by atoms with Crippen molar-refractivity contribution in [1.29, 1.82) is 0 Å². The molecule has 3 aromatic rings. The molecule has 2 atom stereocenters. The number of H-pyrrole nitrogens is 1. The fourth-order valence-electron chi connectivity index (χ4n) is 4.94. The molecule has 0 unspecified atom stereocenters. The third kappa shape index (κ3) is 3.90. The molecule has 1 N–H and O–H groups in total. The standard InChI is InChI=1S/C26H24F4N2O2/c1-14-10-16-22-17(27)4-3-5-20(22)31-24(16)25(32(14)13-26(30)8-9-26)23-18(28)11-15(12-19(23)29)6-7-21(33)34-2/h3-7,11-12,14,25,31H,8-10,13H2,1-2H3/b7-6+/t14-,25-/m1/s1. The second kappa shape index (κ2) is 8.27. The van der Waals surface area contributed by atoms with Crippen molar-refractivity contribution >= 4 is 22.9 Å². The minimum Gasteiger partial charge on any atom is -0.466 e. The molecule has 1 aliphatic heterocycles. The van der Waals surface area contributed by atoms with Gasteiger partial charge in [-0.2, -0.15) is 0 Å². The van der Waals surface area contributed by atoms with Crippen molar-refractivity contribution < 1.29 is 27.1 Å². The topological polar surface area (TPSA) is 45.3 Å². The van der Waals surface area contributed by atoms with Gasteiger partial charge < -0.3 is 9.72 Å². The molecule has 5 rings (SSSR count). The van der Waals surface area contributed by atoms with Crippen molar-refractivity contribution in [2.24, 2.45) is 0 Å².